The first-order valence-corrected chi connectivity index (χ1v) is 7.73. The van der Waals surface area contributed by atoms with E-state index in [0.29, 0.717) is 12.0 Å². The van der Waals surface area contributed by atoms with Gasteiger partial charge in [-0.15, -0.1) is 11.3 Å². The third-order valence-electron chi connectivity index (χ3n) is 3.46. The molecule has 0 bridgehead atoms. The Hall–Kier alpha value is -1.69. The van der Waals surface area contributed by atoms with Crippen LogP contribution in [0.5, 0.6) is 0 Å². The summed E-state index contributed by atoms with van der Waals surface area (Å²) in [6.07, 6.45) is 0.675. The lowest BCUT2D eigenvalue weighted by Gasteiger charge is -2.27. The van der Waals surface area contributed by atoms with Crippen molar-refractivity contribution in [2.75, 3.05) is 13.7 Å². The lowest BCUT2D eigenvalue weighted by Crippen LogP contribution is -2.24. The zero-order chi connectivity index (χ0) is 15.2. The second-order valence-corrected chi connectivity index (χ2v) is 6.02. The molecule has 1 aromatic carbocycles. The number of carbonyl (C=O) groups excluding carboxylic acids is 1. The minimum Gasteiger partial charge on any atom is -0.396 e. The highest BCUT2D eigenvalue weighted by atomic mass is 32.1. The highest BCUT2D eigenvalue weighted by Gasteiger charge is 2.17. The molecule has 0 aliphatic carbocycles. The summed E-state index contributed by atoms with van der Waals surface area (Å²) in [5, 5.41) is 11.1. The highest BCUT2D eigenvalue weighted by Crippen LogP contribution is 2.26. The third-order valence-corrected chi connectivity index (χ3v) is 4.38. The van der Waals surface area contributed by atoms with Gasteiger partial charge in [-0.05, 0) is 25.1 Å². The van der Waals surface area contributed by atoms with Gasteiger partial charge in [-0.3, -0.25) is 9.69 Å². The molecule has 0 aliphatic rings. The van der Waals surface area contributed by atoms with Crippen LogP contribution in [-0.2, 0) is 6.54 Å². The number of hydrogen-bond acceptors (Lipinski definition) is 4. The molecule has 1 heterocycles. The van der Waals surface area contributed by atoms with Gasteiger partial charge in [-0.2, -0.15) is 0 Å². The zero-order valence-corrected chi connectivity index (χ0v) is 12.8. The van der Waals surface area contributed by atoms with Gasteiger partial charge in [-0.25, -0.2) is 0 Å². The molecule has 1 amide bonds. The fourth-order valence-corrected chi connectivity index (χ4v) is 3.32. The molecule has 3 N–H and O–H groups in total. The zero-order valence-electron chi connectivity index (χ0n) is 12.0. The molecule has 1 unspecified atom stereocenters. The Morgan fingerprint density at radius 2 is 2.10 bits per heavy atom. The van der Waals surface area contributed by atoms with E-state index in [1.165, 1.54) is 16.9 Å². The number of thiophene rings is 1. The number of benzene rings is 1. The molecular formula is C16H20N2O2S. The van der Waals surface area contributed by atoms with Crippen molar-refractivity contribution in [1.82, 2.24) is 4.90 Å². The molecule has 2 aromatic rings. The summed E-state index contributed by atoms with van der Waals surface area (Å²) in [5.41, 5.74) is 7.02. The number of primary amides is 1. The van der Waals surface area contributed by atoms with Gasteiger partial charge in [0.15, 0.2) is 0 Å². The van der Waals surface area contributed by atoms with Crippen molar-refractivity contribution in [1.29, 1.82) is 0 Å². The van der Waals surface area contributed by atoms with Crippen LogP contribution >= 0.6 is 11.3 Å². The van der Waals surface area contributed by atoms with Crippen LogP contribution in [0.2, 0.25) is 0 Å². The smallest absolute Gasteiger partial charge is 0.249 e. The van der Waals surface area contributed by atoms with Crippen molar-refractivity contribution >= 4 is 17.2 Å². The lowest BCUT2D eigenvalue weighted by atomic mass is 10.0. The monoisotopic (exact) mass is 304 g/mol. The summed E-state index contributed by atoms with van der Waals surface area (Å²) in [6.45, 7) is 0.860. The van der Waals surface area contributed by atoms with Crippen LogP contribution in [0.3, 0.4) is 0 Å². The van der Waals surface area contributed by atoms with E-state index in [-0.39, 0.29) is 12.6 Å². The Bertz CT molecular complexity index is 583. The number of aliphatic hydroxyl groups excluding tert-OH is 1. The molecule has 0 saturated heterocycles. The van der Waals surface area contributed by atoms with E-state index in [0.717, 1.165) is 11.4 Å². The second-order valence-electron chi connectivity index (χ2n) is 5.02. The van der Waals surface area contributed by atoms with Crippen LogP contribution < -0.4 is 5.73 Å². The molecule has 1 atom stereocenters. The number of rotatable bonds is 7. The number of nitrogens with two attached hydrogens (primary N) is 1. The average molecular weight is 304 g/mol. The normalized spacial score (nSPS) is 12.5. The predicted octanol–water partition coefficient (Wildman–Crippen LogP) is 2.40. The van der Waals surface area contributed by atoms with E-state index in [1.807, 2.05) is 31.3 Å². The Kier molecular flexibility index (Phi) is 5.50. The summed E-state index contributed by atoms with van der Waals surface area (Å²) >= 11 is 1.53. The molecule has 4 nitrogen and oxygen atoms in total. The second kappa shape index (κ2) is 7.36. The highest BCUT2D eigenvalue weighted by molar-refractivity contribution is 7.10. The molecule has 0 aliphatic heterocycles. The van der Waals surface area contributed by atoms with Crippen molar-refractivity contribution < 1.29 is 9.90 Å². The van der Waals surface area contributed by atoms with Crippen LogP contribution in [0.4, 0.5) is 0 Å². The predicted molar refractivity (Wildman–Crippen MR) is 85.2 cm³/mol. The Balaban J connectivity index is 2.11. The molecule has 0 radical (unpaired) electrons. The molecule has 21 heavy (non-hydrogen) atoms. The lowest BCUT2D eigenvalue weighted by molar-refractivity contribution is 0.100. The molecule has 2 rings (SSSR count). The van der Waals surface area contributed by atoms with E-state index in [4.69, 9.17) is 5.73 Å². The molecule has 1 aromatic heterocycles. The van der Waals surface area contributed by atoms with Gasteiger partial charge in [0, 0.05) is 29.5 Å². The molecular weight excluding hydrogens is 284 g/mol. The third kappa shape index (κ3) is 4.14. The number of hydrogen-bond donors (Lipinski definition) is 2. The summed E-state index contributed by atoms with van der Waals surface area (Å²) < 4.78 is 0. The van der Waals surface area contributed by atoms with Gasteiger partial charge < -0.3 is 10.8 Å². The largest absolute Gasteiger partial charge is 0.396 e. The molecule has 0 saturated carbocycles. The van der Waals surface area contributed by atoms with Crippen molar-refractivity contribution in [3.05, 3.63) is 57.8 Å². The van der Waals surface area contributed by atoms with E-state index < -0.39 is 5.91 Å². The summed E-state index contributed by atoms with van der Waals surface area (Å²) in [7, 11) is 2.02. The van der Waals surface area contributed by atoms with Crippen molar-refractivity contribution in [2.24, 2.45) is 5.73 Å². The topological polar surface area (TPSA) is 66.6 Å². The molecule has 0 fully saturated rings. The van der Waals surface area contributed by atoms with Gasteiger partial charge in [0.2, 0.25) is 5.91 Å². The van der Waals surface area contributed by atoms with E-state index in [1.54, 1.807) is 5.38 Å². The number of amides is 1. The van der Waals surface area contributed by atoms with Gasteiger partial charge in [-0.1, -0.05) is 30.3 Å². The summed E-state index contributed by atoms with van der Waals surface area (Å²) in [5.74, 6) is -0.393. The first kappa shape index (κ1) is 15.7. The Morgan fingerprint density at radius 3 is 2.67 bits per heavy atom. The van der Waals surface area contributed by atoms with Gasteiger partial charge in [0.05, 0.1) is 5.56 Å². The summed E-state index contributed by atoms with van der Waals surface area (Å²) in [6, 6.07) is 12.1. The van der Waals surface area contributed by atoms with E-state index >= 15 is 0 Å². The van der Waals surface area contributed by atoms with Crippen molar-refractivity contribution in [2.45, 2.75) is 19.0 Å². The minimum atomic E-state index is -0.393. The fourth-order valence-electron chi connectivity index (χ4n) is 2.39. The Morgan fingerprint density at radius 1 is 1.38 bits per heavy atom. The van der Waals surface area contributed by atoms with Crippen molar-refractivity contribution in [3.63, 3.8) is 0 Å². The van der Waals surface area contributed by atoms with Gasteiger partial charge in [0.1, 0.15) is 0 Å². The molecule has 112 valence electrons. The van der Waals surface area contributed by atoms with Gasteiger partial charge in [0.25, 0.3) is 0 Å². The van der Waals surface area contributed by atoms with Crippen LogP contribution in [0.15, 0.2) is 41.8 Å². The van der Waals surface area contributed by atoms with E-state index in [2.05, 4.69) is 17.0 Å². The van der Waals surface area contributed by atoms with Crippen LogP contribution in [0.25, 0.3) is 0 Å². The quantitative estimate of drug-likeness (QED) is 0.825. The maximum Gasteiger partial charge on any atom is 0.249 e. The molecule has 0 spiro atoms. The maximum absolute atomic E-state index is 11.1. The van der Waals surface area contributed by atoms with E-state index in [9.17, 15) is 9.90 Å². The first-order valence-electron chi connectivity index (χ1n) is 6.85. The van der Waals surface area contributed by atoms with Crippen molar-refractivity contribution in [3.8, 4) is 0 Å². The SMILES string of the molecule is CN(Cc1cc(C(N)=O)cs1)C(CCO)c1ccccc1. The fraction of sp³-hybridized carbons (Fsp3) is 0.312. The maximum atomic E-state index is 11.1. The number of nitrogens with zero attached hydrogens (tertiary/aromatic N) is 1. The standard InChI is InChI=1S/C16H20N2O2S/c1-18(10-14-9-13(11-21-14)16(17)20)15(7-8-19)12-5-3-2-4-6-12/h2-6,9,11,15,19H,7-8,10H2,1H3,(H2,17,20). The van der Waals surface area contributed by atoms with Crippen LogP contribution in [-0.4, -0.2) is 29.6 Å². The van der Waals surface area contributed by atoms with Gasteiger partial charge >= 0.3 is 0 Å². The number of carbonyl (C=O) groups is 1. The van der Waals surface area contributed by atoms with Crippen LogP contribution in [0, 0.1) is 0 Å². The Labute approximate surface area is 128 Å². The average Bonchev–Trinajstić information content (AvgIpc) is 2.94. The first-order chi connectivity index (χ1) is 10.1. The minimum absolute atomic E-state index is 0.140. The van der Waals surface area contributed by atoms with Crippen LogP contribution in [0.1, 0.15) is 33.3 Å². The number of aliphatic hydroxyl groups is 1. The molecule has 5 heteroatoms. The summed E-state index contributed by atoms with van der Waals surface area (Å²) in [4.78, 5) is 14.4.